The fourth-order valence-corrected chi connectivity index (χ4v) is 4.65. The van der Waals surface area contributed by atoms with E-state index >= 15 is 0 Å². The number of nitrogens with zero attached hydrogens (tertiary/aromatic N) is 2. The average Bonchev–Trinajstić information content (AvgIpc) is 2.84. The molecule has 2 heteroatoms. The number of benzene rings is 4. The van der Waals surface area contributed by atoms with Gasteiger partial charge in [-0.15, -0.1) is 0 Å². The second-order valence-corrected chi connectivity index (χ2v) is 8.41. The Bertz CT molecular complexity index is 1460. The smallest absolute Gasteiger partial charge is 0.194 e. The number of pyridine rings is 2. The normalized spacial score (nSPS) is 11.4. The van der Waals surface area contributed by atoms with E-state index in [1.54, 1.807) is 0 Å². The highest BCUT2D eigenvalue weighted by Gasteiger charge is 2.11. The van der Waals surface area contributed by atoms with Crippen LogP contribution in [-0.2, 0) is 13.1 Å². The van der Waals surface area contributed by atoms with E-state index in [0.717, 1.165) is 13.1 Å². The van der Waals surface area contributed by atoms with Crippen LogP contribution in [0.25, 0.3) is 32.6 Å². The predicted molar refractivity (Wildman–Crippen MR) is 130 cm³/mol. The molecule has 0 radical (unpaired) electrons. The summed E-state index contributed by atoms with van der Waals surface area (Å²) in [5.41, 5.74) is 5.15. The molecule has 0 saturated carbocycles. The molecule has 2 heterocycles. The third kappa shape index (κ3) is 3.50. The summed E-state index contributed by atoms with van der Waals surface area (Å²) < 4.78 is 4.65. The van der Waals surface area contributed by atoms with Gasteiger partial charge >= 0.3 is 0 Å². The molecule has 2 aromatic heterocycles. The minimum Gasteiger partial charge on any atom is -0.194 e. The molecule has 0 saturated heterocycles. The Labute approximate surface area is 187 Å². The van der Waals surface area contributed by atoms with Crippen LogP contribution in [-0.4, -0.2) is 0 Å². The predicted octanol–water partition coefficient (Wildman–Crippen LogP) is 5.82. The first kappa shape index (κ1) is 18.7. The van der Waals surface area contributed by atoms with Crippen LogP contribution in [0, 0.1) is 0 Å². The van der Waals surface area contributed by atoms with E-state index in [-0.39, 0.29) is 0 Å². The molecule has 0 aliphatic rings. The summed E-state index contributed by atoms with van der Waals surface area (Å²) in [4.78, 5) is 0. The van der Waals surface area contributed by atoms with Crippen molar-refractivity contribution < 1.29 is 9.13 Å². The maximum atomic E-state index is 2.33. The van der Waals surface area contributed by atoms with Crippen molar-refractivity contribution in [2.24, 2.45) is 0 Å². The highest BCUT2D eigenvalue weighted by Crippen LogP contribution is 2.19. The Morgan fingerprint density at radius 3 is 1.41 bits per heavy atom. The van der Waals surface area contributed by atoms with Crippen LogP contribution in [0.15, 0.2) is 122 Å². The number of rotatable bonds is 4. The SMILES string of the molecule is c1ccc2c(c1)ccc[n+]2Cc1ccc2ccc(C[n+]3cccc4ccccc43)cc2c1. The van der Waals surface area contributed by atoms with Crippen molar-refractivity contribution in [3.05, 3.63) is 133 Å². The summed E-state index contributed by atoms with van der Waals surface area (Å²) in [6.45, 7) is 1.72. The maximum Gasteiger partial charge on any atom is 0.212 e. The summed E-state index contributed by atoms with van der Waals surface area (Å²) in [6.07, 6.45) is 4.33. The van der Waals surface area contributed by atoms with E-state index in [0.29, 0.717) is 0 Å². The van der Waals surface area contributed by atoms with Gasteiger partial charge in [0.15, 0.2) is 25.5 Å². The van der Waals surface area contributed by atoms with Crippen molar-refractivity contribution in [2.75, 3.05) is 0 Å². The minimum atomic E-state index is 0.861. The molecule has 0 N–H and O–H groups in total. The van der Waals surface area contributed by atoms with Crippen LogP contribution in [0.3, 0.4) is 0 Å². The fourth-order valence-electron chi connectivity index (χ4n) is 4.65. The lowest BCUT2D eigenvalue weighted by Gasteiger charge is -2.06. The molecule has 32 heavy (non-hydrogen) atoms. The zero-order valence-corrected chi connectivity index (χ0v) is 17.9. The van der Waals surface area contributed by atoms with Crippen LogP contribution in [0.5, 0.6) is 0 Å². The molecular formula is C30H24N2+2. The first-order valence-corrected chi connectivity index (χ1v) is 11.1. The number of aromatic nitrogens is 2. The molecule has 0 fully saturated rings. The summed E-state index contributed by atoms with van der Waals surface area (Å²) in [5.74, 6) is 0. The van der Waals surface area contributed by atoms with Gasteiger partial charge < -0.3 is 0 Å². The van der Waals surface area contributed by atoms with E-state index < -0.39 is 0 Å². The van der Waals surface area contributed by atoms with E-state index in [1.807, 2.05) is 0 Å². The maximum absolute atomic E-state index is 2.33. The fraction of sp³-hybridized carbons (Fsp3) is 0.0667. The lowest BCUT2D eigenvalue weighted by molar-refractivity contribution is -0.662. The number of fused-ring (bicyclic) bond motifs is 3. The van der Waals surface area contributed by atoms with Crippen molar-refractivity contribution >= 4 is 32.6 Å². The Hall–Kier alpha value is -4.04. The van der Waals surface area contributed by atoms with Gasteiger partial charge in [0.1, 0.15) is 0 Å². The zero-order valence-electron chi connectivity index (χ0n) is 17.9. The summed E-state index contributed by atoms with van der Waals surface area (Å²) >= 11 is 0. The van der Waals surface area contributed by atoms with Crippen LogP contribution < -0.4 is 9.13 Å². The topological polar surface area (TPSA) is 7.76 Å². The average molecular weight is 413 g/mol. The van der Waals surface area contributed by atoms with Gasteiger partial charge in [-0.1, -0.05) is 48.5 Å². The molecule has 0 atom stereocenters. The van der Waals surface area contributed by atoms with Gasteiger partial charge in [-0.05, 0) is 47.2 Å². The number of para-hydroxylation sites is 2. The molecular weight excluding hydrogens is 388 g/mol. The van der Waals surface area contributed by atoms with Crippen LogP contribution >= 0.6 is 0 Å². The first-order chi connectivity index (χ1) is 15.8. The van der Waals surface area contributed by atoms with Crippen LogP contribution in [0.1, 0.15) is 11.1 Å². The third-order valence-electron chi connectivity index (χ3n) is 6.25. The van der Waals surface area contributed by atoms with Gasteiger partial charge in [0.05, 0.1) is 0 Å². The van der Waals surface area contributed by atoms with Crippen LogP contribution in [0.4, 0.5) is 0 Å². The Morgan fingerprint density at radius 1 is 0.406 bits per heavy atom. The second-order valence-electron chi connectivity index (χ2n) is 8.41. The van der Waals surface area contributed by atoms with Crippen molar-refractivity contribution in [1.82, 2.24) is 0 Å². The molecule has 2 nitrogen and oxygen atoms in total. The molecule has 152 valence electrons. The molecule has 0 aliphatic heterocycles. The van der Waals surface area contributed by atoms with Crippen molar-refractivity contribution in [3.8, 4) is 0 Å². The van der Waals surface area contributed by atoms with Gasteiger partial charge in [-0.2, -0.15) is 9.13 Å². The zero-order chi connectivity index (χ0) is 21.3. The number of hydrogen-bond acceptors (Lipinski definition) is 0. The van der Waals surface area contributed by atoms with Gasteiger partial charge in [0.25, 0.3) is 0 Å². The highest BCUT2D eigenvalue weighted by molar-refractivity contribution is 5.84. The second kappa shape index (κ2) is 7.90. The van der Waals surface area contributed by atoms with Crippen molar-refractivity contribution in [3.63, 3.8) is 0 Å². The summed E-state index contributed by atoms with van der Waals surface area (Å²) in [5, 5.41) is 5.11. The molecule has 6 aromatic rings. The highest BCUT2D eigenvalue weighted by atomic mass is 14.9. The Morgan fingerprint density at radius 2 is 0.875 bits per heavy atom. The van der Waals surface area contributed by atoms with E-state index in [2.05, 4.69) is 131 Å². The lowest BCUT2D eigenvalue weighted by atomic mass is 10.0. The standard InChI is InChI=1S/C30H24N2/c1-3-11-29-26(7-1)9-5-17-31(29)21-23-13-15-25-16-14-24(20-28(25)19-23)22-32-18-6-10-27-8-2-4-12-30(27)32/h1-20H,21-22H2/q+2. The Kier molecular flexibility index (Phi) is 4.62. The van der Waals surface area contributed by atoms with Crippen molar-refractivity contribution in [2.45, 2.75) is 13.1 Å². The molecule has 0 amide bonds. The lowest BCUT2D eigenvalue weighted by Crippen LogP contribution is -2.34. The number of hydrogen-bond donors (Lipinski definition) is 0. The van der Waals surface area contributed by atoms with Crippen molar-refractivity contribution in [1.29, 1.82) is 0 Å². The third-order valence-corrected chi connectivity index (χ3v) is 6.25. The molecule has 0 aliphatic carbocycles. The van der Waals surface area contributed by atoms with E-state index in [4.69, 9.17) is 0 Å². The molecule has 0 unspecified atom stereocenters. The van der Waals surface area contributed by atoms with Crippen LogP contribution in [0.2, 0.25) is 0 Å². The largest absolute Gasteiger partial charge is 0.212 e. The summed E-state index contributed by atoms with van der Waals surface area (Å²) in [7, 11) is 0. The van der Waals surface area contributed by atoms with Gasteiger partial charge in [-0.25, -0.2) is 0 Å². The van der Waals surface area contributed by atoms with Gasteiger partial charge in [0.2, 0.25) is 11.0 Å². The van der Waals surface area contributed by atoms with Gasteiger partial charge in [0, 0.05) is 46.2 Å². The monoisotopic (exact) mass is 412 g/mol. The van der Waals surface area contributed by atoms with E-state index in [1.165, 1.54) is 43.7 Å². The quantitative estimate of drug-likeness (QED) is 0.323. The van der Waals surface area contributed by atoms with E-state index in [9.17, 15) is 0 Å². The Balaban J connectivity index is 1.35. The molecule has 0 bridgehead atoms. The molecule has 6 rings (SSSR count). The minimum absolute atomic E-state index is 0.861. The summed E-state index contributed by atoms with van der Waals surface area (Å²) in [6, 6.07) is 39.4. The molecule has 4 aromatic carbocycles. The first-order valence-electron chi connectivity index (χ1n) is 11.1. The van der Waals surface area contributed by atoms with Gasteiger partial charge in [-0.3, -0.25) is 0 Å². The molecule has 0 spiro atoms.